The number of nitrogens with zero attached hydrogens (tertiary/aromatic N) is 1. The first-order valence-electron chi connectivity index (χ1n) is 11.9. The zero-order chi connectivity index (χ0) is 27.1. The average Bonchev–Trinajstić information content (AvgIpc) is 2.94. The van der Waals surface area contributed by atoms with Crippen molar-refractivity contribution in [3.05, 3.63) is 125 Å². The minimum atomic E-state index is -1.75. The predicted octanol–water partition coefficient (Wildman–Crippen LogP) is 4.43. The van der Waals surface area contributed by atoms with Crippen LogP contribution in [0.25, 0.3) is 0 Å². The van der Waals surface area contributed by atoms with Gasteiger partial charge in [0.2, 0.25) is 0 Å². The lowest BCUT2D eigenvalue weighted by Crippen LogP contribution is -2.45. The van der Waals surface area contributed by atoms with E-state index in [4.69, 9.17) is 15.3 Å². The van der Waals surface area contributed by atoms with Crippen molar-refractivity contribution in [2.24, 2.45) is 5.84 Å². The van der Waals surface area contributed by atoms with Crippen LogP contribution in [-0.2, 0) is 18.0 Å². The van der Waals surface area contributed by atoms with Crippen molar-refractivity contribution < 1.29 is 29.3 Å². The highest BCUT2D eigenvalue weighted by atomic mass is 16.5. The first-order valence-corrected chi connectivity index (χ1v) is 11.9. The Hall–Kier alpha value is -4.66. The summed E-state index contributed by atoms with van der Waals surface area (Å²) in [5, 5.41) is 20.5. The molecule has 0 aliphatic heterocycles. The molecule has 0 spiro atoms. The maximum absolute atomic E-state index is 13.4. The molecule has 0 saturated carbocycles. The van der Waals surface area contributed by atoms with E-state index in [1.807, 2.05) is 60.7 Å². The summed E-state index contributed by atoms with van der Waals surface area (Å²) in [4.78, 5) is 26.3. The summed E-state index contributed by atoms with van der Waals surface area (Å²) in [6.07, 6.45) is -1.75. The summed E-state index contributed by atoms with van der Waals surface area (Å²) in [6, 6.07) is 27.8. The Kier molecular flexibility index (Phi) is 8.37. The third-order valence-electron chi connectivity index (χ3n) is 5.85. The largest absolute Gasteiger partial charge is 0.508 e. The molecule has 1 atom stereocenters. The zero-order valence-corrected chi connectivity index (χ0v) is 20.8. The third-order valence-corrected chi connectivity index (χ3v) is 5.85. The quantitative estimate of drug-likeness (QED) is 0.172. The summed E-state index contributed by atoms with van der Waals surface area (Å²) < 4.78 is 12.0. The van der Waals surface area contributed by atoms with E-state index in [1.54, 1.807) is 19.1 Å². The van der Waals surface area contributed by atoms with Crippen molar-refractivity contribution in [1.82, 2.24) is 5.01 Å². The minimum Gasteiger partial charge on any atom is -0.508 e. The first-order chi connectivity index (χ1) is 18.3. The van der Waals surface area contributed by atoms with Gasteiger partial charge in [-0.2, -0.15) is 0 Å². The molecule has 0 aliphatic carbocycles. The normalized spacial score (nSPS) is 11.4. The van der Waals surface area contributed by atoms with Crippen molar-refractivity contribution in [2.75, 3.05) is 0 Å². The Morgan fingerprint density at radius 1 is 0.842 bits per heavy atom. The van der Waals surface area contributed by atoms with Gasteiger partial charge in [0.05, 0.1) is 5.56 Å². The van der Waals surface area contributed by atoms with E-state index < -0.39 is 17.9 Å². The molecule has 8 nitrogen and oxygen atoms in total. The molecule has 0 saturated heterocycles. The van der Waals surface area contributed by atoms with Gasteiger partial charge in [-0.05, 0) is 47.4 Å². The minimum absolute atomic E-state index is 0.0620. The molecule has 194 valence electrons. The number of hydrogen-bond acceptors (Lipinski definition) is 7. The predicted molar refractivity (Wildman–Crippen MR) is 141 cm³/mol. The fraction of sp³-hybridized carbons (Fsp3) is 0.133. The Morgan fingerprint density at radius 2 is 1.45 bits per heavy atom. The van der Waals surface area contributed by atoms with Gasteiger partial charge >= 0.3 is 0 Å². The van der Waals surface area contributed by atoms with Crippen LogP contribution in [0.3, 0.4) is 0 Å². The van der Waals surface area contributed by atoms with E-state index in [1.165, 1.54) is 24.3 Å². The first kappa shape index (κ1) is 26.4. The summed E-state index contributed by atoms with van der Waals surface area (Å²) >= 11 is 0. The second-order valence-electron chi connectivity index (χ2n) is 8.67. The van der Waals surface area contributed by atoms with Crippen LogP contribution in [0.5, 0.6) is 17.2 Å². The molecule has 2 amide bonds. The average molecular weight is 513 g/mol. The molecular formula is C30H28N2O6. The van der Waals surface area contributed by atoms with E-state index in [9.17, 15) is 19.8 Å². The number of aryl methyl sites for hydroxylation is 1. The second kappa shape index (κ2) is 12.1. The number of benzene rings is 4. The molecule has 4 N–H and O–H groups in total. The molecule has 4 aromatic carbocycles. The van der Waals surface area contributed by atoms with Gasteiger partial charge in [-0.1, -0.05) is 72.8 Å². The van der Waals surface area contributed by atoms with Crippen LogP contribution < -0.4 is 15.3 Å². The number of rotatable bonds is 9. The van der Waals surface area contributed by atoms with E-state index in [-0.39, 0.29) is 29.2 Å². The van der Waals surface area contributed by atoms with Gasteiger partial charge in [-0.3, -0.25) is 9.59 Å². The number of hydrazine groups is 1. The number of phenols is 1. The molecule has 0 bridgehead atoms. The number of aliphatic hydroxyl groups excluding tert-OH is 1. The van der Waals surface area contributed by atoms with Crippen LogP contribution in [0.4, 0.5) is 0 Å². The van der Waals surface area contributed by atoms with Crippen LogP contribution in [0, 0.1) is 6.92 Å². The number of amides is 2. The van der Waals surface area contributed by atoms with Gasteiger partial charge in [-0.15, -0.1) is 0 Å². The zero-order valence-electron chi connectivity index (χ0n) is 20.8. The molecule has 0 heterocycles. The Balaban J connectivity index is 1.61. The number of hydrogen-bond donors (Lipinski definition) is 3. The molecule has 4 aromatic rings. The van der Waals surface area contributed by atoms with E-state index in [0.29, 0.717) is 22.9 Å². The molecule has 8 heteroatoms. The van der Waals surface area contributed by atoms with Gasteiger partial charge in [0, 0.05) is 6.07 Å². The van der Waals surface area contributed by atoms with Gasteiger partial charge < -0.3 is 19.7 Å². The molecule has 0 radical (unpaired) electrons. The summed E-state index contributed by atoms with van der Waals surface area (Å²) in [6.45, 7) is 2.15. The standard InChI is InChI=1S/C30H28N2O6/c1-20-15-25(37-18-21-9-4-2-5-10-21)17-26(38-19-22-11-6-3-7-12-22)27(20)29(35)32(31)30(36)28(34)23-13-8-14-24(33)16-23/h2-17,28,33-34H,18-19,31H2,1H3. The van der Waals surface area contributed by atoms with Gasteiger partial charge in [0.25, 0.3) is 11.8 Å². The molecule has 0 aromatic heterocycles. The molecule has 1 unspecified atom stereocenters. The maximum Gasteiger partial charge on any atom is 0.278 e. The third kappa shape index (κ3) is 6.36. The number of imide groups is 1. The number of nitrogens with two attached hydrogens (primary N) is 1. The van der Waals surface area contributed by atoms with Crippen molar-refractivity contribution in [1.29, 1.82) is 0 Å². The number of aliphatic hydroxyl groups is 1. The number of phenolic OH excluding ortho intramolecular Hbond substituents is 1. The summed E-state index contributed by atoms with van der Waals surface area (Å²) in [5.74, 6) is 4.51. The van der Waals surface area contributed by atoms with E-state index in [0.717, 1.165) is 11.1 Å². The number of carbonyl (C=O) groups is 2. The fourth-order valence-corrected chi connectivity index (χ4v) is 3.86. The van der Waals surface area contributed by atoms with Crippen LogP contribution in [0.2, 0.25) is 0 Å². The van der Waals surface area contributed by atoms with Crippen LogP contribution in [0.15, 0.2) is 97.1 Å². The fourth-order valence-electron chi connectivity index (χ4n) is 3.86. The highest BCUT2D eigenvalue weighted by Gasteiger charge is 2.30. The van der Waals surface area contributed by atoms with E-state index >= 15 is 0 Å². The van der Waals surface area contributed by atoms with Crippen LogP contribution in [0.1, 0.15) is 38.7 Å². The maximum atomic E-state index is 13.4. The second-order valence-corrected chi connectivity index (χ2v) is 8.67. The summed E-state index contributed by atoms with van der Waals surface area (Å²) in [5.41, 5.74) is 2.47. The Labute approximate surface area is 220 Å². The SMILES string of the molecule is Cc1cc(OCc2ccccc2)cc(OCc2ccccc2)c1C(=O)N(N)C(=O)C(O)c1cccc(O)c1. The van der Waals surface area contributed by atoms with Crippen molar-refractivity contribution in [3.63, 3.8) is 0 Å². The van der Waals surface area contributed by atoms with Gasteiger partial charge in [0.15, 0.2) is 6.10 Å². The lowest BCUT2D eigenvalue weighted by atomic mass is 10.0. The van der Waals surface area contributed by atoms with Gasteiger partial charge in [-0.25, -0.2) is 10.9 Å². The topological polar surface area (TPSA) is 122 Å². The smallest absolute Gasteiger partial charge is 0.278 e. The molecule has 38 heavy (non-hydrogen) atoms. The summed E-state index contributed by atoms with van der Waals surface area (Å²) in [7, 11) is 0. The molecular weight excluding hydrogens is 484 g/mol. The van der Waals surface area contributed by atoms with Crippen molar-refractivity contribution in [3.8, 4) is 17.2 Å². The number of carbonyl (C=O) groups excluding carboxylic acids is 2. The number of ether oxygens (including phenoxy) is 2. The van der Waals surface area contributed by atoms with Crippen molar-refractivity contribution >= 4 is 11.8 Å². The monoisotopic (exact) mass is 512 g/mol. The molecule has 0 fully saturated rings. The lowest BCUT2D eigenvalue weighted by molar-refractivity contribution is -0.138. The lowest BCUT2D eigenvalue weighted by Gasteiger charge is -2.22. The van der Waals surface area contributed by atoms with Crippen LogP contribution in [-0.4, -0.2) is 27.0 Å². The molecule has 0 aliphatic rings. The number of aromatic hydroxyl groups is 1. The Morgan fingerprint density at radius 3 is 2.05 bits per heavy atom. The molecule has 4 rings (SSSR count). The Bertz CT molecular complexity index is 1410. The highest BCUT2D eigenvalue weighted by molar-refractivity contribution is 6.07. The van der Waals surface area contributed by atoms with Gasteiger partial charge in [0.1, 0.15) is 30.5 Å². The van der Waals surface area contributed by atoms with E-state index in [2.05, 4.69) is 0 Å². The van der Waals surface area contributed by atoms with Crippen LogP contribution >= 0.6 is 0 Å². The van der Waals surface area contributed by atoms with Crippen molar-refractivity contribution in [2.45, 2.75) is 26.2 Å². The highest BCUT2D eigenvalue weighted by Crippen LogP contribution is 2.31.